The van der Waals surface area contributed by atoms with Gasteiger partial charge in [0.05, 0.1) is 0 Å². The van der Waals surface area contributed by atoms with Crippen LogP contribution in [0.2, 0.25) is 0 Å². The number of carboxylic acids is 1. The van der Waals surface area contributed by atoms with Crippen molar-refractivity contribution < 1.29 is 14.7 Å². The zero-order valence-electron chi connectivity index (χ0n) is 16.2. The highest BCUT2D eigenvalue weighted by atomic mass is 16.4. The molecule has 3 heteroatoms. The maximum atomic E-state index is 12.7. The van der Waals surface area contributed by atoms with Crippen molar-refractivity contribution in [1.29, 1.82) is 0 Å². The highest BCUT2D eigenvalue weighted by molar-refractivity contribution is 5.97. The Balaban J connectivity index is 1.75. The molecule has 0 aliphatic heterocycles. The van der Waals surface area contributed by atoms with Gasteiger partial charge in [0, 0.05) is 18.4 Å². The summed E-state index contributed by atoms with van der Waals surface area (Å²) in [4.78, 5) is 23.3. The maximum absolute atomic E-state index is 12.7. The van der Waals surface area contributed by atoms with Crippen molar-refractivity contribution in [2.75, 3.05) is 0 Å². The Kier molecular flexibility index (Phi) is 6.05. The van der Waals surface area contributed by atoms with Crippen LogP contribution in [-0.4, -0.2) is 16.9 Å². The summed E-state index contributed by atoms with van der Waals surface area (Å²) in [7, 11) is 0. The van der Waals surface area contributed by atoms with E-state index in [0.717, 1.165) is 16.7 Å². The minimum atomic E-state index is -0.816. The van der Waals surface area contributed by atoms with Crippen molar-refractivity contribution in [3.8, 4) is 11.1 Å². The summed E-state index contributed by atoms with van der Waals surface area (Å²) in [6, 6.07) is 21.7. The van der Waals surface area contributed by atoms with E-state index in [1.165, 1.54) is 16.7 Å². The third kappa shape index (κ3) is 4.74. The predicted molar refractivity (Wildman–Crippen MR) is 112 cm³/mol. The van der Waals surface area contributed by atoms with Crippen LogP contribution in [0.3, 0.4) is 0 Å². The number of ketones is 1. The van der Waals surface area contributed by atoms with Crippen molar-refractivity contribution in [3.63, 3.8) is 0 Å². The lowest BCUT2D eigenvalue weighted by Gasteiger charge is -2.11. The van der Waals surface area contributed by atoms with E-state index in [9.17, 15) is 9.59 Å². The zero-order chi connectivity index (χ0) is 20.1. The van der Waals surface area contributed by atoms with Gasteiger partial charge in [-0.1, -0.05) is 66.7 Å². The average molecular weight is 372 g/mol. The molecule has 0 spiro atoms. The van der Waals surface area contributed by atoms with Crippen molar-refractivity contribution >= 4 is 11.8 Å². The second-order valence-corrected chi connectivity index (χ2v) is 7.16. The van der Waals surface area contributed by atoms with Crippen molar-refractivity contribution in [3.05, 3.63) is 94.5 Å². The van der Waals surface area contributed by atoms with Crippen LogP contribution in [0.1, 0.15) is 39.0 Å². The molecule has 28 heavy (non-hydrogen) atoms. The molecule has 3 aromatic rings. The van der Waals surface area contributed by atoms with Crippen LogP contribution in [0.5, 0.6) is 0 Å². The molecule has 0 amide bonds. The van der Waals surface area contributed by atoms with Gasteiger partial charge in [-0.2, -0.15) is 0 Å². The summed E-state index contributed by atoms with van der Waals surface area (Å²) in [5.41, 5.74) is 7.36. The molecule has 1 N–H and O–H groups in total. The van der Waals surface area contributed by atoms with Crippen LogP contribution in [0.25, 0.3) is 11.1 Å². The summed E-state index contributed by atoms with van der Waals surface area (Å²) in [5, 5.41) is 8.77. The first-order chi connectivity index (χ1) is 13.4. The van der Waals surface area contributed by atoms with E-state index in [1.54, 1.807) is 12.1 Å². The van der Waals surface area contributed by atoms with Crippen molar-refractivity contribution in [2.45, 2.75) is 33.1 Å². The number of rotatable bonds is 7. The van der Waals surface area contributed by atoms with Crippen LogP contribution in [-0.2, 0) is 17.6 Å². The van der Waals surface area contributed by atoms with E-state index in [1.807, 2.05) is 24.3 Å². The highest BCUT2D eigenvalue weighted by Crippen LogP contribution is 2.28. The van der Waals surface area contributed by atoms with E-state index in [0.29, 0.717) is 18.4 Å². The molecule has 0 aliphatic rings. The van der Waals surface area contributed by atoms with E-state index < -0.39 is 5.97 Å². The van der Waals surface area contributed by atoms with E-state index >= 15 is 0 Å². The first-order valence-corrected chi connectivity index (χ1v) is 9.43. The maximum Gasteiger partial charge on any atom is 0.303 e. The summed E-state index contributed by atoms with van der Waals surface area (Å²) in [5.74, 6) is -0.757. The molecular weight excluding hydrogens is 348 g/mol. The molecule has 3 rings (SSSR count). The lowest BCUT2D eigenvalue weighted by atomic mass is 9.93. The summed E-state index contributed by atoms with van der Waals surface area (Å²) >= 11 is 0. The van der Waals surface area contributed by atoms with Crippen molar-refractivity contribution in [2.24, 2.45) is 0 Å². The van der Waals surface area contributed by atoms with Crippen LogP contribution in [0, 0.1) is 13.8 Å². The Hall–Kier alpha value is -3.20. The van der Waals surface area contributed by atoms with Crippen LogP contribution in [0.4, 0.5) is 0 Å². The largest absolute Gasteiger partial charge is 0.481 e. The molecule has 0 unspecified atom stereocenters. The highest BCUT2D eigenvalue weighted by Gasteiger charge is 2.10. The lowest BCUT2D eigenvalue weighted by molar-refractivity contribution is -0.136. The lowest BCUT2D eigenvalue weighted by Crippen LogP contribution is -2.04. The van der Waals surface area contributed by atoms with Crippen LogP contribution < -0.4 is 0 Å². The average Bonchev–Trinajstić information content (AvgIpc) is 2.67. The Bertz CT molecular complexity index is 980. The van der Waals surface area contributed by atoms with E-state index in [2.05, 4.69) is 44.2 Å². The molecule has 0 saturated heterocycles. The molecule has 0 aromatic heterocycles. The van der Waals surface area contributed by atoms with Gasteiger partial charge in [0.2, 0.25) is 0 Å². The number of aliphatic carboxylic acids is 1. The third-order valence-corrected chi connectivity index (χ3v) is 4.96. The minimum absolute atomic E-state index is 0.0587. The summed E-state index contributed by atoms with van der Waals surface area (Å²) < 4.78 is 0. The number of hydrogen-bond acceptors (Lipinski definition) is 2. The fraction of sp³-hybridized carbons (Fsp3) is 0.200. The Morgan fingerprint density at radius 1 is 0.821 bits per heavy atom. The van der Waals surface area contributed by atoms with Gasteiger partial charge in [0.15, 0.2) is 5.78 Å². The second kappa shape index (κ2) is 8.66. The van der Waals surface area contributed by atoms with E-state index in [-0.39, 0.29) is 12.2 Å². The quantitative estimate of drug-likeness (QED) is 0.564. The topological polar surface area (TPSA) is 54.4 Å². The van der Waals surface area contributed by atoms with Gasteiger partial charge in [-0.25, -0.2) is 0 Å². The summed E-state index contributed by atoms with van der Waals surface area (Å²) in [6.45, 7) is 4.21. The first-order valence-electron chi connectivity index (χ1n) is 9.43. The first kappa shape index (κ1) is 19.6. The van der Waals surface area contributed by atoms with Gasteiger partial charge in [0.25, 0.3) is 0 Å². The van der Waals surface area contributed by atoms with Gasteiger partial charge >= 0.3 is 5.97 Å². The molecule has 0 atom stereocenters. The number of carboxylic acid groups (broad SMARTS) is 1. The van der Waals surface area contributed by atoms with Crippen molar-refractivity contribution in [1.82, 2.24) is 0 Å². The third-order valence-electron chi connectivity index (χ3n) is 4.96. The smallest absolute Gasteiger partial charge is 0.303 e. The molecule has 0 saturated carbocycles. The molecule has 0 fully saturated rings. The molecule has 0 aliphatic carbocycles. The fourth-order valence-electron chi connectivity index (χ4n) is 3.50. The molecule has 3 aromatic carbocycles. The monoisotopic (exact) mass is 372 g/mol. The molecule has 3 nitrogen and oxygen atoms in total. The van der Waals surface area contributed by atoms with Crippen LogP contribution in [0.15, 0.2) is 66.7 Å². The molecule has 0 bridgehead atoms. The number of Topliss-reactive ketones (excluding diaryl/α,β-unsaturated/α-hetero) is 1. The normalized spacial score (nSPS) is 10.6. The number of aryl methyl sites for hydroxylation is 3. The predicted octanol–water partition coefficient (Wildman–Crippen LogP) is 5.41. The number of carbonyl (C=O) groups is 2. The minimum Gasteiger partial charge on any atom is -0.481 e. The zero-order valence-corrected chi connectivity index (χ0v) is 16.2. The van der Waals surface area contributed by atoms with Gasteiger partial charge in [-0.15, -0.1) is 0 Å². The second-order valence-electron chi connectivity index (χ2n) is 7.16. The van der Waals surface area contributed by atoms with E-state index in [4.69, 9.17) is 5.11 Å². The Morgan fingerprint density at radius 3 is 2.11 bits per heavy atom. The number of carbonyl (C=O) groups excluding carboxylic acids is 1. The SMILES string of the molecule is Cc1cccc(C)c1-c1cccc(CC(=O)c2ccc(CCC(=O)O)cc2)c1. The standard InChI is InChI=1S/C25H24O3/c1-17-5-3-6-18(2)25(17)22-8-4-7-20(15-22)16-23(26)21-12-9-19(10-13-21)11-14-24(27)28/h3-10,12-13,15H,11,14,16H2,1-2H3,(H,27,28). The Labute approximate surface area is 165 Å². The van der Waals surface area contributed by atoms with Crippen LogP contribution >= 0.6 is 0 Å². The number of benzene rings is 3. The van der Waals surface area contributed by atoms with Gasteiger partial charge in [0.1, 0.15) is 0 Å². The van der Waals surface area contributed by atoms with Gasteiger partial charge in [-0.3, -0.25) is 9.59 Å². The van der Waals surface area contributed by atoms with Gasteiger partial charge < -0.3 is 5.11 Å². The molecule has 0 heterocycles. The molecule has 0 radical (unpaired) electrons. The number of hydrogen-bond donors (Lipinski definition) is 1. The molecular formula is C25H24O3. The summed E-state index contributed by atoms with van der Waals surface area (Å²) in [6.07, 6.45) is 0.910. The molecule has 142 valence electrons. The Morgan fingerprint density at radius 2 is 1.46 bits per heavy atom. The fourth-order valence-corrected chi connectivity index (χ4v) is 3.50. The van der Waals surface area contributed by atoms with Gasteiger partial charge in [-0.05, 0) is 53.6 Å².